The van der Waals surface area contributed by atoms with E-state index in [1.165, 1.54) is 0 Å². The van der Waals surface area contributed by atoms with E-state index in [1.54, 1.807) is 31.2 Å². The maximum atomic E-state index is 12.5. The summed E-state index contributed by atoms with van der Waals surface area (Å²) in [5.41, 5.74) is 3.14. The van der Waals surface area contributed by atoms with Crippen LogP contribution in [0.2, 0.25) is 0 Å². The molecule has 0 fully saturated rings. The van der Waals surface area contributed by atoms with Gasteiger partial charge in [0.15, 0.2) is 6.10 Å². The van der Waals surface area contributed by atoms with Crippen molar-refractivity contribution in [3.05, 3.63) is 71.1 Å². The predicted octanol–water partition coefficient (Wildman–Crippen LogP) is 4.17. The Morgan fingerprint density at radius 1 is 1.06 bits per heavy atom. The zero-order chi connectivity index (χ0) is 22.4. The molecule has 0 aliphatic rings. The lowest BCUT2D eigenvalue weighted by Gasteiger charge is -2.11. The minimum absolute atomic E-state index is 0.0610. The lowest BCUT2D eigenvalue weighted by Crippen LogP contribution is -2.39. The highest BCUT2D eigenvalue weighted by Gasteiger charge is 2.20. The number of nitrogens with one attached hydrogen (secondary N) is 2. The fourth-order valence-corrected chi connectivity index (χ4v) is 2.83. The van der Waals surface area contributed by atoms with Crippen LogP contribution in [-0.2, 0) is 11.3 Å². The first-order valence-corrected chi connectivity index (χ1v) is 10.1. The smallest absolute Gasteiger partial charge is 0.338 e. The maximum Gasteiger partial charge on any atom is 0.338 e. The Labute approximate surface area is 181 Å². The van der Waals surface area contributed by atoms with Crippen LogP contribution >= 0.6 is 0 Å². The number of carbonyl (C=O) groups excluding carboxylic acids is 2. The molecule has 1 aromatic heterocycles. The molecule has 2 amide bonds. The van der Waals surface area contributed by atoms with Crippen molar-refractivity contribution in [2.24, 2.45) is 0 Å². The molecule has 3 rings (SSSR count). The van der Waals surface area contributed by atoms with E-state index in [0.717, 1.165) is 16.7 Å². The summed E-state index contributed by atoms with van der Waals surface area (Å²) < 4.78 is 11.1. The number of esters is 1. The van der Waals surface area contributed by atoms with Gasteiger partial charge in [-0.2, -0.15) is 0 Å². The van der Waals surface area contributed by atoms with Crippen molar-refractivity contribution in [2.45, 2.75) is 46.4 Å². The number of nitrogens with zero attached hydrogens (tertiary/aromatic N) is 2. The number of aryl methyl sites for hydroxylation is 1. The number of urea groups is 1. The van der Waals surface area contributed by atoms with Crippen LogP contribution in [0.15, 0.2) is 52.9 Å². The summed E-state index contributed by atoms with van der Waals surface area (Å²) >= 11 is 0. The lowest BCUT2D eigenvalue weighted by atomic mass is 10.1. The van der Waals surface area contributed by atoms with Gasteiger partial charge in [0.05, 0.1) is 5.56 Å². The summed E-state index contributed by atoms with van der Waals surface area (Å²) in [5, 5.41) is 13.6. The van der Waals surface area contributed by atoms with E-state index in [4.69, 9.17) is 9.15 Å². The molecule has 0 saturated heterocycles. The molecular weight excluding hydrogens is 396 g/mol. The summed E-state index contributed by atoms with van der Waals surface area (Å²) in [4.78, 5) is 24.1. The number of rotatable bonds is 7. The maximum absolute atomic E-state index is 12.5. The highest BCUT2D eigenvalue weighted by Crippen LogP contribution is 2.23. The molecule has 0 aliphatic carbocycles. The Morgan fingerprint density at radius 3 is 2.48 bits per heavy atom. The van der Waals surface area contributed by atoms with Crippen molar-refractivity contribution in [1.82, 2.24) is 20.8 Å². The van der Waals surface area contributed by atoms with E-state index in [-0.39, 0.29) is 18.0 Å². The second-order valence-electron chi connectivity index (χ2n) is 7.54. The molecule has 0 radical (unpaired) electrons. The van der Waals surface area contributed by atoms with E-state index in [2.05, 4.69) is 20.8 Å². The van der Waals surface area contributed by atoms with Crippen molar-refractivity contribution in [3.8, 4) is 11.5 Å². The lowest BCUT2D eigenvalue weighted by molar-refractivity contribution is 0.0280. The van der Waals surface area contributed by atoms with Crippen LogP contribution in [0.5, 0.6) is 0 Å². The Hall–Kier alpha value is -3.68. The molecule has 162 valence electrons. The number of carbonyl (C=O) groups is 2. The molecule has 0 saturated carbocycles. The first-order chi connectivity index (χ1) is 14.8. The quantitative estimate of drug-likeness (QED) is 0.554. The van der Waals surface area contributed by atoms with Crippen LogP contribution < -0.4 is 10.6 Å². The molecule has 31 heavy (non-hydrogen) atoms. The Bertz CT molecular complexity index is 1040. The summed E-state index contributed by atoms with van der Waals surface area (Å²) in [6, 6.07) is 14.4. The molecule has 0 bridgehead atoms. The summed E-state index contributed by atoms with van der Waals surface area (Å²) in [6.45, 7) is 7.79. The van der Waals surface area contributed by atoms with Gasteiger partial charge in [-0.15, -0.1) is 10.2 Å². The average molecular weight is 422 g/mol. The van der Waals surface area contributed by atoms with Crippen LogP contribution in [0.3, 0.4) is 0 Å². The average Bonchev–Trinajstić information content (AvgIpc) is 3.23. The van der Waals surface area contributed by atoms with Crippen molar-refractivity contribution in [3.63, 3.8) is 0 Å². The van der Waals surface area contributed by atoms with E-state index >= 15 is 0 Å². The largest absolute Gasteiger partial charge is 0.449 e. The monoisotopic (exact) mass is 422 g/mol. The van der Waals surface area contributed by atoms with Gasteiger partial charge in [-0.05, 0) is 57.5 Å². The second kappa shape index (κ2) is 9.88. The summed E-state index contributed by atoms with van der Waals surface area (Å²) in [6.07, 6.45) is -0.695. The molecule has 1 heterocycles. The van der Waals surface area contributed by atoms with Gasteiger partial charge in [-0.1, -0.05) is 29.8 Å². The van der Waals surface area contributed by atoms with Crippen molar-refractivity contribution < 1.29 is 18.7 Å². The van der Waals surface area contributed by atoms with E-state index in [0.29, 0.717) is 18.0 Å². The molecule has 0 unspecified atom stereocenters. The van der Waals surface area contributed by atoms with Gasteiger partial charge in [0.25, 0.3) is 5.89 Å². The van der Waals surface area contributed by atoms with Gasteiger partial charge in [0.2, 0.25) is 5.89 Å². The molecular formula is C23H26N4O4. The van der Waals surface area contributed by atoms with Gasteiger partial charge in [0, 0.05) is 18.2 Å². The van der Waals surface area contributed by atoms with Crippen LogP contribution in [-0.4, -0.2) is 28.2 Å². The van der Waals surface area contributed by atoms with Gasteiger partial charge >= 0.3 is 12.0 Å². The summed E-state index contributed by atoms with van der Waals surface area (Å²) in [5.74, 6) is 0.0988. The molecule has 2 N–H and O–H groups in total. The third-order valence-electron chi connectivity index (χ3n) is 4.40. The topological polar surface area (TPSA) is 106 Å². The molecule has 2 aromatic carbocycles. The SMILES string of the molecule is Cc1cccc(-c2nnc([C@H](C)OC(=O)c3ccc(CNC(=O)NC(C)C)cc3)o2)c1. The zero-order valence-electron chi connectivity index (χ0n) is 18.0. The highest BCUT2D eigenvalue weighted by molar-refractivity contribution is 5.89. The Morgan fingerprint density at radius 2 is 1.81 bits per heavy atom. The normalized spacial score (nSPS) is 11.8. The van der Waals surface area contributed by atoms with Crippen molar-refractivity contribution >= 4 is 12.0 Å². The zero-order valence-corrected chi connectivity index (χ0v) is 18.0. The van der Waals surface area contributed by atoms with Gasteiger partial charge in [-0.3, -0.25) is 0 Å². The van der Waals surface area contributed by atoms with Gasteiger partial charge in [-0.25, -0.2) is 9.59 Å². The molecule has 3 aromatic rings. The van der Waals surface area contributed by atoms with Gasteiger partial charge in [0.1, 0.15) is 0 Å². The van der Waals surface area contributed by atoms with Crippen LogP contribution in [0.1, 0.15) is 54.3 Å². The molecule has 0 spiro atoms. The number of amides is 2. The first kappa shape index (κ1) is 22.0. The van der Waals surface area contributed by atoms with Crippen LogP contribution in [0.25, 0.3) is 11.5 Å². The van der Waals surface area contributed by atoms with Crippen molar-refractivity contribution in [1.29, 1.82) is 0 Å². The summed E-state index contributed by atoms with van der Waals surface area (Å²) in [7, 11) is 0. The first-order valence-electron chi connectivity index (χ1n) is 10.1. The van der Waals surface area contributed by atoms with Gasteiger partial charge < -0.3 is 19.8 Å². The number of aromatic nitrogens is 2. The third kappa shape index (κ3) is 6.15. The number of ether oxygens (including phenoxy) is 1. The molecule has 1 atom stereocenters. The second-order valence-corrected chi connectivity index (χ2v) is 7.54. The Kier molecular flexibility index (Phi) is 7.02. The highest BCUT2D eigenvalue weighted by atomic mass is 16.6. The third-order valence-corrected chi connectivity index (χ3v) is 4.40. The standard InChI is InChI=1S/C23H26N4O4/c1-14(2)25-23(29)24-13-17-8-10-18(11-9-17)22(28)30-16(4)20-26-27-21(31-20)19-7-5-6-15(3)12-19/h5-12,14,16H,13H2,1-4H3,(H2,24,25,29)/t16-/m0/s1. The van der Waals surface area contributed by atoms with E-state index in [9.17, 15) is 9.59 Å². The van der Waals surface area contributed by atoms with Crippen molar-refractivity contribution in [2.75, 3.05) is 0 Å². The minimum Gasteiger partial charge on any atom is -0.449 e. The van der Waals surface area contributed by atoms with Crippen LogP contribution in [0, 0.1) is 6.92 Å². The number of benzene rings is 2. The number of hydrogen-bond donors (Lipinski definition) is 2. The minimum atomic E-state index is -0.695. The molecule has 8 heteroatoms. The fourth-order valence-electron chi connectivity index (χ4n) is 2.83. The van der Waals surface area contributed by atoms with Crippen LogP contribution in [0.4, 0.5) is 4.79 Å². The molecule has 8 nitrogen and oxygen atoms in total. The predicted molar refractivity (Wildman–Crippen MR) is 115 cm³/mol. The molecule has 0 aliphatic heterocycles. The fraction of sp³-hybridized carbons (Fsp3) is 0.304. The van der Waals surface area contributed by atoms with E-state index < -0.39 is 12.1 Å². The number of hydrogen-bond acceptors (Lipinski definition) is 6. The van der Waals surface area contributed by atoms with E-state index in [1.807, 2.05) is 45.0 Å². The Balaban J connectivity index is 1.57.